The molecule has 2 amide bonds. The molecule has 0 unspecified atom stereocenters. The average Bonchev–Trinajstić information content (AvgIpc) is 2.68. The first-order chi connectivity index (χ1) is 14.5. The van der Waals surface area contributed by atoms with E-state index in [4.69, 9.17) is 11.6 Å². The summed E-state index contributed by atoms with van der Waals surface area (Å²) in [5.74, 6) is -0.625. The number of carbonyl (C=O) groups excluding carboxylic acids is 2. The van der Waals surface area contributed by atoms with Crippen molar-refractivity contribution in [1.29, 1.82) is 0 Å². The summed E-state index contributed by atoms with van der Waals surface area (Å²) in [6.45, 7) is 7.63. The zero-order valence-electron chi connectivity index (χ0n) is 18.2. The predicted molar refractivity (Wildman–Crippen MR) is 121 cm³/mol. The normalized spacial score (nSPS) is 12.2. The molecule has 0 aliphatic carbocycles. The van der Waals surface area contributed by atoms with Crippen LogP contribution in [0.5, 0.6) is 0 Å². The standard InChI is InChI=1S/C23H28ClN3O4/c1-5-19(22(29)25-23(2,3)4)26(15-16-10-12-18(24)13-11-16)21(28)14-17-8-6-7-9-20(17)27(30)31/h6-13,19H,5,14-15H2,1-4H3,(H,25,29)/t19-/m0/s1. The number of hydrogen-bond acceptors (Lipinski definition) is 4. The van der Waals surface area contributed by atoms with E-state index >= 15 is 0 Å². The van der Waals surface area contributed by atoms with Gasteiger partial charge in [-0.1, -0.05) is 48.9 Å². The third-order valence-electron chi connectivity index (χ3n) is 4.68. The lowest BCUT2D eigenvalue weighted by Crippen LogP contribution is -2.53. The minimum Gasteiger partial charge on any atom is -0.350 e. The Morgan fingerprint density at radius 2 is 1.74 bits per heavy atom. The smallest absolute Gasteiger partial charge is 0.273 e. The number of rotatable bonds is 8. The molecule has 0 aliphatic heterocycles. The van der Waals surface area contributed by atoms with Crippen LogP contribution in [0.15, 0.2) is 48.5 Å². The number of carbonyl (C=O) groups is 2. The summed E-state index contributed by atoms with van der Waals surface area (Å²) in [4.78, 5) is 38.6. The monoisotopic (exact) mass is 445 g/mol. The van der Waals surface area contributed by atoms with Crippen LogP contribution in [-0.2, 0) is 22.6 Å². The van der Waals surface area contributed by atoms with Crippen LogP contribution in [0, 0.1) is 10.1 Å². The van der Waals surface area contributed by atoms with Gasteiger partial charge in [0, 0.05) is 28.7 Å². The summed E-state index contributed by atoms with van der Waals surface area (Å²) >= 11 is 5.97. The summed E-state index contributed by atoms with van der Waals surface area (Å²) in [5, 5.41) is 14.9. The van der Waals surface area contributed by atoms with Crippen molar-refractivity contribution < 1.29 is 14.5 Å². The van der Waals surface area contributed by atoms with Gasteiger partial charge in [0.25, 0.3) is 5.69 Å². The molecule has 8 heteroatoms. The fraction of sp³-hybridized carbons (Fsp3) is 0.391. The Labute approximate surface area is 187 Å². The van der Waals surface area contributed by atoms with E-state index < -0.39 is 16.5 Å². The maximum Gasteiger partial charge on any atom is 0.273 e. The van der Waals surface area contributed by atoms with Gasteiger partial charge < -0.3 is 10.2 Å². The zero-order valence-corrected chi connectivity index (χ0v) is 19.0. The van der Waals surface area contributed by atoms with Gasteiger partial charge in [-0.25, -0.2) is 0 Å². The molecule has 0 saturated carbocycles. The minimum absolute atomic E-state index is 0.116. The maximum absolute atomic E-state index is 13.3. The lowest BCUT2D eigenvalue weighted by Gasteiger charge is -2.33. The van der Waals surface area contributed by atoms with Crippen molar-refractivity contribution in [1.82, 2.24) is 10.2 Å². The fourth-order valence-electron chi connectivity index (χ4n) is 3.26. The first kappa shape index (κ1) is 24.3. The quantitative estimate of drug-likeness (QED) is 0.477. The third kappa shape index (κ3) is 7.07. The van der Waals surface area contributed by atoms with Crippen LogP contribution in [0.1, 0.15) is 45.2 Å². The minimum atomic E-state index is -0.717. The van der Waals surface area contributed by atoms with Crippen molar-refractivity contribution in [2.24, 2.45) is 0 Å². The summed E-state index contributed by atoms with van der Waals surface area (Å²) in [6.07, 6.45) is 0.224. The number of nitrogens with zero attached hydrogens (tertiary/aromatic N) is 2. The van der Waals surface area contributed by atoms with Gasteiger partial charge in [-0.05, 0) is 44.9 Å². The molecular formula is C23H28ClN3O4. The molecule has 7 nitrogen and oxygen atoms in total. The second kappa shape index (κ2) is 10.4. The molecule has 31 heavy (non-hydrogen) atoms. The van der Waals surface area contributed by atoms with E-state index in [1.165, 1.54) is 11.0 Å². The average molecular weight is 446 g/mol. The summed E-state index contributed by atoms with van der Waals surface area (Å²) < 4.78 is 0. The molecule has 0 saturated heterocycles. The van der Waals surface area contributed by atoms with Crippen molar-refractivity contribution in [3.05, 3.63) is 74.8 Å². The number of amides is 2. The second-order valence-electron chi connectivity index (χ2n) is 8.37. The third-order valence-corrected chi connectivity index (χ3v) is 4.93. The molecule has 2 aromatic carbocycles. The van der Waals surface area contributed by atoms with E-state index in [2.05, 4.69) is 5.32 Å². The Kier molecular flexibility index (Phi) is 8.16. The first-order valence-corrected chi connectivity index (χ1v) is 10.5. The van der Waals surface area contributed by atoms with E-state index in [9.17, 15) is 19.7 Å². The predicted octanol–water partition coefficient (Wildman–Crippen LogP) is 4.51. The Balaban J connectivity index is 2.38. The Morgan fingerprint density at radius 3 is 2.29 bits per heavy atom. The van der Waals surface area contributed by atoms with Crippen molar-refractivity contribution >= 4 is 29.1 Å². The van der Waals surface area contributed by atoms with Crippen molar-refractivity contribution in [3.63, 3.8) is 0 Å². The first-order valence-electron chi connectivity index (χ1n) is 10.1. The second-order valence-corrected chi connectivity index (χ2v) is 8.81. The molecule has 0 heterocycles. The van der Waals surface area contributed by atoms with Crippen LogP contribution in [0.3, 0.4) is 0 Å². The van der Waals surface area contributed by atoms with E-state index in [-0.39, 0.29) is 30.5 Å². The van der Waals surface area contributed by atoms with Crippen molar-refractivity contribution in [2.45, 2.75) is 58.7 Å². The largest absolute Gasteiger partial charge is 0.350 e. The molecule has 0 aromatic heterocycles. The molecule has 0 radical (unpaired) electrons. The number of benzene rings is 2. The number of nitro groups is 1. The topological polar surface area (TPSA) is 92.6 Å². The van der Waals surface area contributed by atoms with Crippen LogP contribution in [0.2, 0.25) is 5.02 Å². The molecule has 0 fully saturated rings. The van der Waals surface area contributed by atoms with Gasteiger partial charge in [-0.15, -0.1) is 0 Å². The maximum atomic E-state index is 13.3. The number of hydrogen-bond donors (Lipinski definition) is 1. The van der Waals surface area contributed by atoms with E-state index in [1.807, 2.05) is 27.7 Å². The van der Waals surface area contributed by atoms with Gasteiger partial charge in [0.1, 0.15) is 6.04 Å². The molecule has 0 bridgehead atoms. The lowest BCUT2D eigenvalue weighted by atomic mass is 10.0. The molecule has 2 aromatic rings. The highest BCUT2D eigenvalue weighted by Gasteiger charge is 2.31. The van der Waals surface area contributed by atoms with Gasteiger partial charge in [0.2, 0.25) is 11.8 Å². The van der Waals surface area contributed by atoms with Crippen molar-refractivity contribution in [3.8, 4) is 0 Å². The molecule has 1 N–H and O–H groups in total. The molecule has 1 atom stereocenters. The number of para-hydroxylation sites is 1. The molecular weight excluding hydrogens is 418 g/mol. The number of nitrogens with one attached hydrogen (secondary N) is 1. The molecule has 0 spiro atoms. The Bertz CT molecular complexity index is 939. The van der Waals surface area contributed by atoms with Crippen LogP contribution in [-0.4, -0.2) is 33.2 Å². The van der Waals surface area contributed by atoms with Crippen LogP contribution in [0.4, 0.5) is 5.69 Å². The zero-order chi connectivity index (χ0) is 23.2. The van der Waals surface area contributed by atoms with Crippen LogP contribution >= 0.6 is 11.6 Å². The lowest BCUT2D eigenvalue weighted by molar-refractivity contribution is -0.385. The summed E-state index contributed by atoms with van der Waals surface area (Å²) in [6, 6.07) is 12.5. The van der Waals surface area contributed by atoms with Gasteiger partial charge in [-0.2, -0.15) is 0 Å². The molecule has 166 valence electrons. The number of nitro benzene ring substituents is 1. The van der Waals surface area contributed by atoms with E-state index in [0.717, 1.165) is 5.56 Å². The van der Waals surface area contributed by atoms with Crippen LogP contribution < -0.4 is 5.32 Å². The van der Waals surface area contributed by atoms with Gasteiger partial charge in [0.15, 0.2) is 0 Å². The highest BCUT2D eigenvalue weighted by atomic mass is 35.5. The van der Waals surface area contributed by atoms with E-state index in [0.29, 0.717) is 17.0 Å². The van der Waals surface area contributed by atoms with E-state index in [1.54, 1.807) is 42.5 Å². The highest BCUT2D eigenvalue weighted by Crippen LogP contribution is 2.22. The van der Waals surface area contributed by atoms with Gasteiger partial charge in [0.05, 0.1) is 11.3 Å². The highest BCUT2D eigenvalue weighted by molar-refractivity contribution is 6.30. The summed E-state index contributed by atoms with van der Waals surface area (Å²) in [7, 11) is 0. The number of halogens is 1. The molecule has 2 rings (SSSR count). The van der Waals surface area contributed by atoms with Gasteiger partial charge >= 0.3 is 0 Å². The summed E-state index contributed by atoms with van der Waals surface area (Å²) in [5.41, 5.74) is 0.541. The molecule has 0 aliphatic rings. The fourth-order valence-corrected chi connectivity index (χ4v) is 3.39. The Morgan fingerprint density at radius 1 is 1.13 bits per heavy atom. The van der Waals surface area contributed by atoms with Crippen LogP contribution in [0.25, 0.3) is 0 Å². The Hall–Kier alpha value is -2.93. The van der Waals surface area contributed by atoms with Crippen molar-refractivity contribution in [2.75, 3.05) is 0 Å². The van der Waals surface area contributed by atoms with Gasteiger partial charge in [-0.3, -0.25) is 19.7 Å². The SMILES string of the molecule is CC[C@@H](C(=O)NC(C)(C)C)N(Cc1ccc(Cl)cc1)C(=O)Cc1ccccc1[N+](=O)[O-].